The maximum absolute atomic E-state index is 10.9. The van der Waals surface area contributed by atoms with Crippen LogP contribution in [0.5, 0.6) is 0 Å². The van der Waals surface area contributed by atoms with Crippen molar-refractivity contribution in [2.24, 2.45) is 45.3 Å². The summed E-state index contributed by atoms with van der Waals surface area (Å²) in [6.45, 7) is 19.2. The molecule has 1 saturated heterocycles. The summed E-state index contributed by atoms with van der Waals surface area (Å²) in [5.41, 5.74) is 0.536. The Labute approximate surface area is 203 Å². The Morgan fingerprint density at radius 2 is 1.21 bits per heavy atom. The number of rotatable bonds is 1. The van der Waals surface area contributed by atoms with Crippen molar-refractivity contribution >= 4 is 0 Å². The van der Waals surface area contributed by atoms with E-state index in [1.54, 1.807) is 0 Å². The van der Waals surface area contributed by atoms with Gasteiger partial charge in [-0.3, -0.25) is 0 Å². The first kappa shape index (κ1) is 24.6. The molecule has 0 aromatic rings. The SMILES string of the molecule is CC1(C)O[C@](C)([C@H]2CC[C@]3(C)[C@@H]2CC[C@@H]2[C@@]4(C)CC[C@H](O)C(C)(C)[C@@H]4CC[C@]23C)CC[C@@H]1O. The van der Waals surface area contributed by atoms with Crippen molar-refractivity contribution in [2.45, 2.75) is 143 Å². The lowest BCUT2D eigenvalue weighted by Gasteiger charge is -2.70. The predicted molar refractivity (Wildman–Crippen MR) is 134 cm³/mol. The number of ether oxygens (including phenoxy) is 1. The minimum atomic E-state index is -0.451. The summed E-state index contributed by atoms with van der Waals surface area (Å²) in [7, 11) is 0. The Balaban J connectivity index is 1.46. The van der Waals surface area contributed by atoms with Crippen LogP contribution in [0.25, 0.3) is 0 Å². The first-order valence-electron chi connectivity index (χ1n) is 14.2. The van der Waals surface area contributed by atoms with Gasteiger partial charge in [0, 0.05) is 0 Å². The molecule has 1 heterocycles. The van der Waals surface area contributed by atoms with Crippen LogP contribution in [0.2, 0.25) is 0 Å². The van der Waals surface area contributed by atoms with E-state index in [4.69, 9.17) is 4.74 Å². The van der Waals surface area contributed by atoms with Crippen molar-refractivity contribution in [2.75, 3.05) is 0 Å². The summed E-state index contributed by atoms with van der Waals surface area (Å²) in [5.74, 6) is 2.71. The normalized spacial score (nSPS) is 57.6. The summed E-state index contributed by atoms with van der Waals surface area (Å²) < 4.78 is 6.79. The van der Waals surface area contributed by atoms with Crippen LogP contribution in [0.3, 0.4) is 0 Å². The van der Waals surface area contributed by atoms with Gasteiger partial charge < -0.3 is 14.9 Å². The maximum Gasteiger partial charge on any atom is 0.0891 e. The van der Waals surface area contributed by atoms with Crippen molar-refractivity contribution in [3.63, 3.8) is 0 Å². The molecule has 33 heavy (non-hydrogen) atoms. The summed E-state index contributed by atoms with van der Waals surface area (Å²) >= 11 is 0. The maximum atomic E-state index is 10.9. The second-order valence-corrected chi connectivity index (χ2v) is 15.3. The van der Waals surface area contributed by atoms with Crippen molar-refractivity contribution in [1.82, 2.24) is 0 Å². The largest absolute Gasteiger partial charge is 0.393 e. The van der Waals surface area contributed by atoms with E-state index >= 15 is 0 Å². The first-order valence-corrected chi connectivity index (χ1v) is 14.2. The number of aliphatic hydroxyl groups excluding tert-OH is 2. The highest BCUT2D eigenvalue weighted by Gasteiger charge is 2.70. The average molecular weight is 461 g/mol. The van der Waals surface area contributed by atoms with Crippen LogP contribution in [0.1, 0.15) is 120 Å². The van der Waals surface area contributed by atoms with Crippen LogP contribution in [-0.4, -0.2) is 33.6 Å². The average Bonchev–Trinajstić information content (AvgIpc) is 3.07. The molecule has 0 aromatic heterocycles. The van der Waals surface area contributed by atoms with Gasteiger partial charge in [0.15, 0.2) is 0 Å². The highest BCUT2D eigenvalue weighted by molar-refractivity contribution is 5.18. The summed E-state index contributed by atoms with van der Waals surface area (Å²) in [6.07, 6.45) is 11.4. The van der Waals surface area contributed by atoms with Crippen LogP contribution in [0.15, 0.2) is 0 Å². The standard InChI is InChI=1S/C30H52O3/c1-25(2)21-12-17-29(7)22(27(21,5)15-13-23(25)31)10-9-19-20(11-16-28(19,29)6)30(8)18-14-24(32)26(3,4)33-30/h19-24,31-32H,9-18H2,1-8H3/t19-,20+,21+,22-,23+,24+,27+,28-,29-,30+/m1/s1. The summed E-state index contributed by atoms with van der Waals surface area (Å²) in [6, 6.07) is 0. The molecule has 5 rings (SSSR count). The minimum absolute atomic E-state index is 0.0279. The molecular formula is C30H52O3. The van der Waals surface area contributed by atoms with Gasteiger partial charge in [0.1, 0.15) is 0 Å². The Kier molecular flexibility index (Phi) is 5.38. The minimum Gasteiger partial charge on any atom is -0.393 e. The van der Waals surface area contributed by atoms with Crippen LogP contribution >= 0.6 is 0 Å². The van der Waals surface area contributed by atoms with Crippen LogP contribution < -0.4 is 0 Å². The van der Waals surface area contributed by atoms with Crippen LogP contribution in [0.4, 0.5) is 0 Å². The molecule has 5 fully saturated rings. The number of hydrogen-bond donors (Lipinski definition) is 2. The lowest BCUT2D eigenvalue weighted by Crippen LogP contribution is -2.64. The van der Waals surface area contributed by atoms with E-state index in [1.165, 1.54) is 44.9 Å². The highest BCUT2D eigenvalue weighted by atomic mass is 16.5. The molecule has 3 heteroatoms. The van der Waals surface area contributed by atoms with Gasteiger partial charge in [0.05, 0.1) is 23.4 Å². The Hall–Kier alpha value is -0.120. The fourth-order valence-electron chi connectivity index (χ4n) is 11.2. The monoisotopic (exact) mass is 460 g/mol. The van der Waals surface area contributed by atoms with Crippen molar-refractivity contribution in [3.05, 3.63) is 0 Å². The molecule has 0 bridgehead atoms. The number of fused-ring (bicyclic) bond motifs is 5. The smallest absolute Gasteiger partial charge is 0.0891 e. The molecule has 10 atom stereocenters. The van der Waals surface area contributed by atoms with E-state index in [1.807, 2.05) is 0 Å². The summed E-state index contributed by atoms with van der Waals surface area (Å²) in [5, 5.41) is 21.4. The Morgan fingerprint density at radius 3 is 1.88 bits per heavy atom. The third kappa shape index (κ3) is 3.10. The predicted octanol–water partition coefficient (Wildman–Crippen LogP) is 6.74. The van der Waals surface area contributed by atoms with E-state index < -0.39 is 5.60 Å². The van der Waals surface area contributed by atoms with E-state index in [-0.39, 0.29) is 23.2 Å². The molecule has 0 spiro atoms. The van der Waals surface area contributed by atoms with Gasteiger partial charge in [-0.2, -0.15) is 0 Å². The zero-order valence-electron chi connectivity index (χ0n) is 22.8. The molecule has 1 aliphatic heterocycles. The fraction of sp³-hybridized carbons (Fsp3) is 1.00. The highest BCUT2D eigenvalue weighted by Crippen LogP contribution is 2.76. The van der Waals surface area contributed by atoms with E-state index in [0.717, 1.165) is 31.1 Å². The van der Waals surface area contributed by atoms with E-state index in [9.17, 15) is 10.2 Å². The zero-order valence-corrected chi connectivity index (χ0v) is 22.8. The molecule has 3 nitrogen and oxygen atoms in total. The molecule has 0 unspecified atom stereocenters. The topological polar surface area (TPSA) is 49.7 Å². The second-order valence-electron chi connectivity index (χ2n) is 15.3. The zero-order chi connectivity index (χ0) is 24.2. The lowest BCUT2D eigenvalue weighted by molar-refractivity contribution is -0.253. The molecule has 4 saturated carbocycles. The number of hydrogen-bond acceptors (Lipinski definition) is 3. The molecular weight excluding hydrogens is 408 g/mol. The van der Waals surface area contributed by atoms with Gasteiger partial charge in [0.25, 0.3) is 0 Å². The molecule has 190 valence electrons. The van der Waals surface area contributed by atoms with E-state index in [0.29, 0.717) is 28.1 Å². The Bertz CT molecular complexity index is 789. The van der Waals surface area contributed by atoms with Gasteiger partial charge in [-0.25, -0.2) is 0 Å². The molecule has 0 amide bonds. The van der Waals surface area contributed by atoms with Gasteiger partial charge >= 0.3 is 0 Å². The van der Waals surface area contributed by atoms with Crippen LogP contribution in [0, 0.1) is 45.3 Å². The molecule has 0 radical (unpaired) electrons. The third-order valence-corrected chi connectivity index (χ3v) is 13.4. The molecule has 4 aliphatic carbocycles. The fourth-order valence-corrected chi connectivity index (χ4v) is 11.2. The third-order valence-electron chi connectivity index (χ3n) is 13.4. The summed E-state index contributed by atoms with van der Waals surface area (Å²) in [4.78, 5) is 0. The van der Waals surface area contributed by atoms with Gasteiger partial charge in [-0.1, -0.05) is 34.6 Å². The van der Waals surface area contributed by atoms with Gasteiger partial charge in [-0.15, -0.1) is 0 Å². The van der Waals surface area contributed by atoms with Crippen molar-refractivity contribution in [3.8, 4) is 0 Å². The first-order chi connectivity index (χ1) is 15.1. The second kappa shape index (κ2) is 7.22. The van der Waals surface area contributed by atoms with Gasteiger partial charge in [-0.05, 0) is 130 Å². The molecule has 0 aromatic carbocycles. The van der Waals surface area contributed by atoms with Crippen molar-refractivity contribution < 1.29 is 14.9 Å². The lowest BCUT2D eigenvalue weighted by atomic mass is 9.35. The quantitative estimate of drug-likeness (QED) is 0.455. The molecule has 2 N–H and O–H groups in total. The molecule has 5 aliphatic rings. The van der Waals surface area contributed by atoms with Crippen LogP contribution in [-0.2, 0) is 4.74 Å². The Morgan fingerprint density at radius 1 is 0.576 bits per heavy atom. The van der Waals surface area contributed by atoms with Crippen molar-refractivity contribution in [1.29, 1.82) is 0 Å². The van der Waals surface area contributed by atoms with Gasteiger partial charge in [0.2, 0.25) is 0 Å². The number of aliphatic hydroxyl groups is 2. The van der Waals surface area contributed by atoms with E-state index in [2.05, 4.69) is 55.4 Å².